The van der Waals surface area contributed by atoms with E-state index in [-0.39, 0.29) is 6.04 Å². The van der Waals surface area contributed by atoms with Crippen LogP contribution in [0.25, 0.3) is 22.2 Å². The van der Waals surface area contributed by atoms with Crippen molar-refractivity contribution in [2.45, 2.75) is 19.9 Å². The van der Waals surface area contributed by atoms with Gasteiger partial charge < -0.3 is 9.72 Å². The second-order valence-corrected chi connectivity index (χ2v) is 7.54. The van der Waals surface area contributed by atoms with E-state index in [0.29, 0.717) is 0 Å². The quantitative estimate of drug-likeness (QED) is 0.484. The normalized spacial score (nSPS) is 12.5. The summed E-state index contributed by atoms with van der Waals surface area (Å²) in [7, 11) is 1.67. The Hall–Kier alpha value is -3.12. The Bertz CT molecular complexity index is 1180. The Kier molecular flexibility index (Phi) is 5.12. The third-order valence-electron chi connectivity index (χ3n) is 4.37. The average Bonchev–Trinajstić information content (AvgIpc) is 3.30. The molecule has 0 aliphatic heterocycles. The van der Waals surface area contributed by atoms with Crippen LogP contribution >= 0.6 is 11.3 Å². The minimum atomic E-state index is 0.192. The number of benzene rings is 2. The van der Waals surface area contributed by atoms with E-state index in [1.54, 1.807) is 18.4 Å². The van der Waals surface area contributed by atoms with Crippen LogP contribution in [0.4, 0.5) is 0 Å². The summed E-state index contributed by atoms with van der Waals surface area (Å²) in [6.07, 6.45) is 3.87. The maximum absolute atomic E-state index is 5.27. The summed E-state index contributed by atoms with van der Waals surface area (Å²) in [5, 5.41) is 8.03. The van der Waals surface area contributed by atoms with Crippen molar-refractivity contribution in [3.63, 3.8) is 0 Å². The van der Waals surface area contributed by atoms with E-state index in [2.05, 4.69) is 36.3 Å². The first-order valence-corrected chi connectivity index (χ1v) is 10.0. The van der Waals surface area contributed by atoms with Crippen molar-refractivity contribution in [2.75, 3.05) is 7.11 Å². The molecule has 0 saturated heterocycles. The van der Waals surface area contributed by atoms with Crippen LogP contribution < -0.4 is 9.54 Å². The Morgan fingerprint density at radius 1 is 1.11 bits per heavy atom. The van der Waals surface area contributed by atoms with Gasteiger partial charge in [-0.1, -0.05) is 18.2 Å². The molecule has 5 nitrogen and oxygen atoms in total. The molecule has 0 saturated carbocycles. The molecular weight excluding hydrogens is 368 g/mol. The molecule has 4 aromatic rings. The number of H-pyrrole nitrogens is 1. The van der Waals surface area contributed by atoms with Crippen LogP contribution in [0.2, 0.25) is 0 Å². The molecule has 4 rings (SSSR count). The maximum Gasteiger partial charge on any atom is 0.206 e. The van der Waals surface area contributed by atoms with Gasteiger partial charge in [0, 0.05) is 39.6 Å². The fourth-order valence-corrected chi connectivity index (χ4v) is 3.97. The molecule has 6 heteroatoms. The molecule has 0 fully saturated rings. The van der Waals surface area contributed by atoms with Gasteiger partial charge in [0.25, 0.3) is 0 Å². The van der Waals surface area contributed by atoms with Crippen LogP contribution in [0.5, 0.6) is 5.75 Å². The van der Waals surface area contributed by atoms with Crippen molar-refractivity contribution in [3.05, 3.63) is 70.5 Å². The zero-order valence-corrected chi connectivity index (χ0v) is 16.9. The molecule has 0 aliphatic rings. The zero-order valence-electron chi connectivity index (χ0n) is 16.1. The minimum absolute atomic E-state index is 0.192. The highest BCUT2D eigenvalue weighted by atomic mass is 32.1. The van der Waals surface area contributed by atoms with Crippen LogP contribution in [-0.4, -0.2) is 29.0 Å². The highest BCUT2D eigenvalue weighted by Crippen LogP contribution is 2.23. The number of para-hydroxylation sites is 1. The van der Waals surface area contributed by atoms with Crippen molar-refractivity contribution < 1.29 is 4.74 Å². The van der Waals surface area contributed by atoms with Crippen LogP contribution in [0.1, 0.15) is 19.4 Å². The van der Waals surface area contributed by atoms with Crippen molar-refractivity contribution in [2.24, 2.45) is 10.1 Å². The van der Waals surface area contributed by atoms with E-state index < -0.39 is 0 Å². The lowest BCUT2D eigenvalue weighted by atomic mass is 10.2. The molecule has 28 heavy (non-hydrogen) atoms. The molecule has 0 radical (unpaired) electrons. The molecule has 2 aromatic heterocycles. The van der Waals surface area contributed by atoms with Gasteiger partial charge in [0.15, 0.2) is 0 Å². The summed E-state index contributed by atoms with van der Waals surface area (Å²) in [6.45, 7) is 4.14. The number of nitrogens with zero attached hydrogens (tertiary/aromatic N) is 3. The van der Waals surface area contributed by atoms with Crippen LogP contribution in [0, 0.1) is 0 Å². The molecule has 2 heterocycles. The number of methoxy groups -OCH3 is 1. The summed E-state index contributed by atoms with van der Waals surface area (Å²) in [5.41, 5.74) is 4.22. The molecule has 142 valence electrons. The second kappa shape index (κ2) is 7.86. The fourth-order valence-electron chi connectivity index (χ4n) is 3.00. The number of hydrogen-bond acceptors (Lipinski definition) is 4. The number of hydrogen-bond donors (Lipinski definition) is 1. The SMILES string of the molecule is COc1ccc(-c2csc(=NC(C)C)n2N=Cc2c[nH]c3ccccc23)cc1. The summed E-state index contributed by atoms with van der Waals surface area (Å²) in [4.78, 5) is 8.90. The fraction of sp³-hybridized carbons (Fsp3) is 0.182. The number of rotatable bonds is 5. The van der Waals surface area contributed by atoms with Crippen molar-refractivity contribution in [3.8, 4) is 17.0 Å². The van der Waals surface area contributed by atoms with Gasteiger partial charge in [0.1, 0.15) is 5.75 Å². The van der Waals surface area contributed by atoms with E-state index in [9.17, 15) is 0 Å². The van der Waals surface area contributed by atoms with Gasteiger partial charge in [-0.25, -0.2) is 4.68 Å². The van der Waals surface area contributed by atoms with E-state index in [1.807, 2.05) is 53.5 Å². The molecule has 0 spiro atoms. The predicted octanol–water partition coefficient (Wildman–Crippen LogP) is 4.90. The summed E-state index contributed by atoms with van der Waals surface area (Å²) in [5.74, 6) is 0.833. The van der Waals surface area contributed by atoms with Crippen molar-refractivity contribution in [1.29, 1.82) is 0 Å². The topological polar surface area (TPSA) is 54.7 Å². The van der Waals surface area contributed by atoms with E-state index in [0.717, 1.165) is 38.3 Å². The summed E-state index contributed by atoms with van der Waals surface area (Å²) in [6, 6.07) is 16.4. The third-order valence-corrected chi connectivity index (χ3v) is 5.20. The number of fused-ring (bicyclic) bond motifs is 1. The van der Waals surface area contributed by atoms with Crippen LogP contribution in [-0.2, 0) is 0 Å². The molecule has 0 aliphatic carbocycles. The van der Waals surface area contributed by atoms with E-state index >= 15 is 0 Å². The average molecular weight is 391 g/mol. The molecule has 0 amide bonds. The van der Waals surface area contributed by atoms with Crippen molar-refractivity contribution in [1.82, 2.24) is 9.66 Å². The Labute approximate surface area is 167 Å². The zero-order chi connectivity index (χ0) is 19.5. The van der Waals surface area contributed by atoms with Gasteiger partial charge in [0.05, 0.1) is 19.0 Å². The minimum Gasteiger partial charge on any atom is -0.497 e. The lowest BCUT2D eigenvalue weighted by Gasteiger charge is -2.05. The third kappa shape index (κ3) is 3.64. The number of nitrogens with one attached hydrogen (secondary N) is 1. The lowest BCUT2D eigenvalue weighted by Crippen LogP contribution is -2.14. The first-order valence-electron chi connectivity index (χ1n) is 9.15. The van der Waals surface area contributed by atoms with Gasteiger partial charge in [0.2, 0.25) is 4.80 Å². The molecule has 2 aromatic carbocycles. The number of ether oxygens (including phenoxy) is 1. The van der Waals surface area contributed by atoms with Crippen LogP contribution in [0.15, 0.2) is 70.2 Å². The standard InChI is InChI=1S/C22H22N4OS/c1-15(2)25-22-26(21(14-28-22)16-8-10-18(27-3)11-9-16)24-13-17-12-23-20-7-5-4-6-19(17)20/h4-15,23H,1-3H3. The molecular formula is C22H22N4OS. The molecule has 0 atom stereocenters. The molecule has 1 N–H and O–H groups in total. The van der Waals surface area contributed by atoms with E-state index in [1.165, 1.54) is 0 Å². The maximum atomic E-state index is 5.27. The van der Waals surface area contributed by atoms with Gasteiger partial charge in [-0.3, -0.25) is 4.99 Å². The smallest absolute Gasteiger partial charge is 0.206 e. The highest BCUT2D eigenvalue weighted by Gasteiger charge is 2.09. The largest absolute Gasteiger partial charge is 0.497 e. The summed E-state index contributed by atoms with van der Waals surface area (Å²) >= 11 is 1.59. The van der Waals surface area contributed by atoms with Crippen LogP contribution in [0.3, 0.4) is 0 Å². The summed E-state index contributed by atoms with van der Waals surface area (Å²) < 4.78 is 7.19. The van der Waals surface area contributed by atoms with Gasteiger partial charge >= 0.3 is 0 Å². The predicted molar refractivity (Wildman–Crippen MR) is 116 cm³/mol. The van der Waals surface area contributed by atoms with Gasteiger partial charge in [-0.2, -0.15) is 5.10 Å². The van der Waals surface area contributed by atoms with Gasteiger partial charge in [-0.05, 0) is 44.2 Å². The Morgan fingerprint density at radius 3 is 2.64 bits per heavy atom. The highest BCUT2D eigenvalue weighted by molar-refractivity contribution is 7.07. The monoisotopic (exact) mass is 390 g/mol. The molecule has 0 bridgehead atoms. The first-order chi connectivity index (χ1) is 13.7. The Balaban J connectivity index is 1.80. The Morgan fingerprint density at radius 2 is 1.89 bits per heavy atom. The number of aromatic nitrogens is 2. The second-order valence-electron chi connectivity index (χ2n) is 6.70. The number of thiazole rings is 1. The van der Waals surface area contributed by atoms with Gasteiger partial charge in [-0.15, -0.1) is 11.3 Å². The lowest BCUT2D eigenvalue weighted by molar-refractivity contribution is 0.415. The van der Waals surface area contributed by atoms with Crippen molar-refractivity contribution >= 4 is 28.5 Å². The molecule has 0 unspecified atom stereocenters. The van der Waals surface area contributed by atoms with E-state index in [4.69, 9.17) is 14.8 Å². The number of aromatic amines is 1. The first kappa shape index (κ1) is 18.3.